The van der Waals surface area contributed by atoms with Crippen molar-refractivity contribution >= 4 is 5.91 Å². The molecule has 0 aromatic heterocycles. The molecule has 0 saturated heterocycles. The first-order valence-electron chi connectivity index (χ1n) is 5.97. The molecule has 1 fully saturated rings. The minimum atomic E-state index is -0.403. The SMILES string of the molecule is CC(C)(C)C(N)C(=O)NC1CCCCC1. The lowest BCUT2D eigenvalue weighted by Crippen LogP contribution is -2.51. The molecule has 3 N–H and O–H groups in total. The Bertz CT molecular complexity index is 214. The maximum absolute atomic E-state index is 11.8. The molecule has 1 aliphatic carbocycles. The maximum atomic E-state index is 11.8. The van der Waals surface area contributed by atoms with E-state index < -0.39 is 6.04 Å². The van der Waals surface area contributed by atoms with E-state index in [1.54, 1.807) is 0 Å². The molecule has 0 aliphatic heterocycles. The average molecular weight is 212 g/mol. The first-order valence-corrected chi connectivity index (χ1v) is 5.97. The Hall–Kier alpha value is -0.570. The van der Waals surface area contributed by atoms with Gasteiger partial charge in [0.2, 0.25) is 5.91 Å². The molecule has 3 nitrogen and oxygen atoms in total. The summed E-state index contributed by atoms with van der Waals surface area (Å²) in [6.07, 6.45) is 5.99. The Balaban J connectivity index is 2.40. The number of nitrogens with one attached hydrogen (secondary N) is 1. The topological polar surface area (TPSA) is 55.1 Å². The summed E-state index contributed by atoms with van der Waals surface area (Å²) in [5, 5.41) is 3.06. The maximum Gasteiger partial charge on any atom is 0.237 e. The summed E-state index contributed by atoms with van der Waals surface area (Å²) < 4.78 is 0. The molecule has 0 heterocycles. The zero-order valence-corrected chi connectivity index (χ0v) is 10.2. The van der Waals surface area contributed by atoms with Gasteiger partial charge in [0.05, 0.1) is 6.04 Å². The number of hydrogen-bond donors (Lipinski definition) is 2. The lowest BCUT2D eigenvalue weighted by atomic mass is 9.86. The van der Waals surface area contributed by atoms with Crippen molar-refractivity contribution in [2.75, 3.05) is 0 Å². The summed E-state index contributed by atoms with van der Waals surface area (Å²) >= 11 is 0. The number of hydrogen-bond acceptors (Lipinski definition) is 2. The Morgan fingerprint density at radius 3 is 2.27 bits per heavy atom. The molecule has 0 aromatic carbocycles. The Morgan fingerprint density at radius 2 is 1.80 bits per heavy atom. The summed E-state index contributed by atoms with van der Waals surface area (Å²) in [5.74, 6) is 0.00870. The van der Waals surface area contributed by atoms with Crippen LogP contribution in [0, 0.1) is 5.41 Å². The first-order chi connectivity index (χ1) is 6.91. The quantitative estimate of drug-likeness (QED) is 0.733. The third-order valence-electron chi connectivity index (χ3n) is 3.17. The van der Waals surface area contributed by atoms with Gasteiger partial charge in [-0.25, -0.2) is 0 Å². The Morgan fingerprint density at radius 1 is 1.27 bits per heavy atom. The van der Waals surface area contributed by atoms with E-state index in [4.69, 9.17) is 5.73 Å². The van der Waals surface area contributed by atoms with E-state index >= 15 is 0 Å². The summed E-state index contributed by atoms with van der Waals surface area (Å²) in [5.41, 5.74) is 5.75. The zero-order chi connectivity index (χ0) is 11.5. The van der Waals surface area contributed by atoms with E-state index in [1.165, 1.54) is 19.3 Å². The fourth-order valence-corrected chi connectivity index (χ4v) is 1.93. The highest BCUT2D eigenvalue weighted by Gasteiger charge is 2.28. The van der Waals surface area contributed by atoms with Gasteiger partial charge in [0.15, 0.2) is 0 Å². The Kier molecular flexibility index (Phi) is 4.14. The molecule has 1 rings (SSSR count). The number of nitrogens with two attached hydrogens (primary N) is 1. The van der Waals surface area contributed by atoms with E-state index in [1.807, 2.05) is 20.8 Å². The highest BCUT2D eigenvalue weighted by molar-refractivity contribution is 5.82. The first kappa shape index (κ1) is 12.5. The second-order valence-electron chi connectivity index (χ2n) is 5.69. The van der Waals surface area contributed by atoms with Gasteiger partial charge in [-0.05, 0) is 18.3 Å². The zero-order valence-electron chi connectivity index (χ0n) is 10.2. The molecule has 88 valence electrons. The molecule has 15 heavy (non-hydrogen) atoms. The van der Waals surface area contributed by atoms with Crippen LogP contribution in [-0.4, -0.2) is 18.0 Å². The molecule has 1 saturated carbocycles. The van der Waals surface area contributed by atoms with Crippen LogP contribution < -0.4 is 11.1 Å². The van der Waals surface area contributed by atoms with Crippen molar-refractivity contribution in [2.24, 2.45) is 11.1 Å². The predicted octanol–water partition coefficient (Wildman–Crippen LogP) is 1.81. The lowest BCUT2D eigenvalue weighted by molar-refractivity contribution is -0.125. The molecular weight excluding hydrogens is 188 g/mol. The third kappa shape index (κ3) is 3.82. The van der Waals surface area contributed by atoms with Gasteiger partial charge in [-0.3, -0.25) is 4.79 Å². The molecule has 1 unspecified atom stereocenters. The molecule has 0 spiro atoms. The van der Waals surface area contributed by atoms with Crippen LogP contribution in [0.4, 0.5) is 0 Å². The molecule has 1 aliphatic rings. The fraction of sp³-hybridized carbons (Fsp3) is 0.917. The molecule has 0 aromatic rings. The highest BCUT2D eigenvalue weighted by atomic mass is 16.2. The van der Waals surface area contributed by atoms with Crippen molar-refractivity contribution in [1.29, 1.82) is 0 Å². The van der Waals surface area contributed by atoms with Crippen molar-refractivity contribution < 1.29 is 4.79 Å². The Labute approximate surface area is 92.8 Å². The van der Waals surface area contributed by atoms with Gasteiger partial charge in [0, 0.05) is 6.04 Å². The third-order valence-corrected chi connectivity index (χ3v) is 3.17. The van der Waals surface area contributed by atoms with Gasteiger partial charge in [-0.1, -0.05) is 40.0 Å². The van der Waals surface area contributed by atoms with E-state index in [0.717, 1.165) is 12.8 Å². The molecule has 3 heteroatoms. The van der Waals surface area contributed by atoms with Crippen LogP contribution in [0.2, 0.25) is 0 Å². The van der Waals surface area contributed by atoms with Crippen molar-refractivity contribution in [1.82, 2.24) is 5.32 Å². The second kappa shape index (κ2) is 4.97. The molecule has 0 radical (unpaired) electrons. The van der Waals surface area contributed by atoms with Gasteiger partial charge >= 0.3 is 0 Å². The van der Waals surface area contributed by atoms with Crippen molar-refractivity contribution in [2.45, 2.75) is 65.0 Å². The molecular formula is C12H24N2O. The van der Waals surface area contributed by atoms with E-state index in [9.17, 15) is 4.79 Å². The molecule has 0 bridgehead atoms. The number of rotatable bonds is 2. The van der Waals surface area contributed by atoms with Gasteiger partial charge in [0.1, 0.15) is 0 Å². The summed E-state index contributed by atoms with van der Waals surface area (Å²) in [7, 11) is 0. The summed E-state index contributed by atoms with van der Waals surface area (Å²) in [4.78, 5) is 11.8. The number of amides is 1. The van der Waals surface area contributed by atoms with Crippen molar-refractivity contribution in [3.8, 4) is 0 Å². The summed E-state index contributed by atoms with van der Waals surface area (Å²) in [6, 6.07) is -0.0425. The number of carbonyl (C=O) groups excluding carboxylic acids is 1. The van der Waals surface area contributed by atoms with E-state index in [2.05, 4.69) is 5.32 Å². The number of carbonyl (C=O) groups is 1. The van der Waals surface area contributed by atoms with Crippen LogP contribution in [0.15, 0.2) is 0 Å². The second-order valence-corrected chi connectivity index (χ2v) is 5.69. The van der Waals surface area contributed by atoms with Gasteiger partial charge in [0.25, 0.3) is 0 Å². The predicted molar refractivity (Wildman–Crippen MR) is 62.4 cm³/mol. The summed E-state index contributed by atoms with van der Waals surface area (Å²) in [6.45, 7) is 5.99. The average Bonchev–Trinajstić information content (AvgIpc) is 2.16. The van der Waals surface area contributed by atoms with Gasteiger partial charge < -0.3 is 11.1 Å². The fourth-order valence-electron chi connectivity index (χ4n) is 1.93. The van der Waals surface area contributed by atoms with Gasteiger partial charge in [-0.15, -0.1) is 0 Å². The standard InChI is InChI=1S/C12H24N2O/c1-12(2,3)10(13)11(15)14-9-7-5-4-6-8-9/h9-10H,4-8,13H2,1-3H3,(H,14,15). The normalized spacial score (nSPS) is 21.1. The van der Waals surface area contributed by atoms with Gasteiger partial charge in [-0.2, -0.15) is 0 Å². The van der Waals surface area contributed by atoms with E-state index in [-0.39, 0.29) is 11.3 Å². The van der Waals surface area contributed by atoms with Crippen molar-refractivity contribution in [3.05, 3.63) is 0 Å². The van der Waals surface area contributed by atoms with Crippen LogP contribution >= 0.6 is 0 Å². The minimum Gasteiger partial charge on any atom is -0.352 e. The van der Waals surface area contributed by atoms with Crippen LogP contribution in [0.5, 0.6) is 0 Å². The monoisotopic (exact) mass is 212 g/mol. The van der Waals surface area contributed by atoms with Crippen LogP contribution in [0.3, 0.4) is 0 Å². The lowest BCUT2D eigenvalue weighted by Gasteiger charge is -2.29. The smallest absolute Gasteiger partial charge is 0.237 e. The molecule has 1 atom stereocenters. The van der Waals surface area contributed by atoms with Crippen LogP contribution in [0.1, 0.15) is 52.9 Å². The van der Waals surface area contributed by atoms with Crippen LogP contribution in [-0.2, 0) is 4.79 Å². The molecule has 1 amide bonds. The highest BCUT2D eigenvalue weighted by Crippen LogP contribution is 2.20. The largest absolute Gasteiger partial charge is 0.352 e. The van der Waals surface area contributed by atoms with Crippen LogP contribution in [0.25, 0.3) is 0 Å². The minimum absolute atomic E-state index is 0.00870. The van der Waals surface area contributed by atoms with Crippen molar-refractivity contribution in [3.63, 3.8) is 0 Å². The van der Waals surface area contributed by atoms with E-state index in [0.29, 0.717) is 6.04 Å².